The predicted octanol–water partition coefficient (Wildman–Crippen LogP) is 1.43. The van der Waals surface area contributed by atoms with Crippen LogP contribution in [0.1, 0.15) is 21.7 Å². The zero-order chi connectivity index (χ0) is 20.8. The molecule has 0 radical (unpaired) electrons. The van der Waals surface area contributed by atoms with Crippen molar-refractivity contribution < 1.29 is 22.7 Å². The van der Waals surface area contributed by atoms with Crippen molar-refractivity contribution in [3.63, 3.8) is 0 Å². The van der Waals surface area contributed by atoms with Crippen molar-refractivity contribution in [2.75, 3.05) is 26.3 Å². The molecule has 1 aliphatic heterocycles. The number of carbonyl (C=O) groups is 1. The fourth-order valence-corrected chi connectivity index (χ4v) is 3.19. The molecule has 0 saturated carbocycles. The lowest BCUT2D eigenvalue weighted by Crippen LogP contribution is -2.48. The van der Waals surface area contributed by atoms with E-state index in [9.17, 15) is 18.0 Å². The standard InChI is InChI=1S/C17H18F3N7O2/c1-10-12(9-25(2)23-10)13-7-14(17(18,19)20)27-15(22-13)11(8-21-27)16(28)24-26-3-5-29-6-4-26/h7-9H,3-6H2,1-2H3,(H,24,28). The number of aromatic nitrogens is 5. The van der Waals surface area contributed by atoms with E-state index in [1.807, 2.05) is 0 Å². The highest BCUT2D eigenvalue weighted by Crippen LogP contribution is 2.33. The smallest absolute Gasteiger partial charge is 0.379 e. The third kappa shape index (κ3) is 3.68. The lowest BCUT2D eigenvalue weighted by Gasteiger charge is -2.26. The number of carbonyl (C=O) groups excluding carboxylic acids is 1. The van der Waals surface area contributed by atoms with Gasteiger partial charge in [0, 0.05) is 31.9 Å². The summed E-state index contributed by atoms with van der Waals surface area (Å²) in [5.41, 5.74) is 2.46. The highest BCUT2D eigenvalue weighted by molar-refractivity contribution is 5.99. The number of nitrogens with one attached hydrogen (secondary N) is 1. The first-order valence-electron chi connectivity index (χ1n) is 8.84. The highest BCUT2D eigenvalue weighted by atomic mass is 19.4. The Morgan fingerprint density at radius 3 is 2.62 bits per heavy atom. The molecule has 154 valence electrons. The lowest BCUT2D eigenvalue weighted by atomic mass is 10.1. The maximum atomic E-state index is 13.7. The van der Waals surface area contributed by atoms with Gasteiger partial charge in [0.2, 0.25) is 0 Å². The average Bonchev–Trinajstić information content (AvgIpc) is 3.23. The Bertz CT molecular complexity index is 1070. The van der Waals surface area contributed by atoms with Gasteiger partial charge in [-0.3, -0.25) is 14.9 Å². The van der Waals surface area contributed by atoms with E-state index in [2.05, 4.69) is 20.6 Å². The summed E-state index contributed by atoms with van der Waals surface area (Å²) in [6, 6.07) is 0.910. The molecule has 0 bridgehead atoms. The van der Waals surface area contributed by atoms with Crippen LogP contribution in [0.3, 0.4) is 0 Å². The molecule has 9 nitrogen and oxygen atoms in total. The summed E-state index contributed by atoms with van der Waals surface area (Å²) in [6.07, 6.45) is -2.01. The fourth-order valence-electron chi connectivity index (χ4n) is 3.19. The molecule has 4 heterocycles. The highest BCUT2D eigenvalue weighted by Gasteiger charge is 2.36. The van der Waals surface area contributed by atoms with E-state index in [4.69, 9.17) is 4.74 Å². The molecule has 0 spiro atoms. The summed E-state index contributed by atoms with van der Waals surface area (Å²) in [4.78, 5) is 17.0. The first-order valence-corrected chi connectivity index (χ1v) is 8.84. The Morgan fingerprint density at radius 1 is 1.28 bits per heavy atom. The number of amides is 1. The van der Waals surface area contributed by atoms with Crippen molar-refractivity contribution in [3.8, 4) is 11.3 Å². The number of rotatable bonds is 3. The zero-order valence-corrected chi connectivity index (χ0v) is 15.7. The Kier molecular flexibility index (Phi) is 4.74. The normalized spacial score (nSPS) is 15.8. The quantitative estimate of drug-likeness (QED) is 0.704. The Morgan fingerprint density at radius 2 is 2.00 bits per heavy atom. The van der Waals surface area contributed by atoms with E-state index < -0.39 is 17.8 Å². The number of hydrogen-bond acceptors (Lipinski definition) is 6. The van der Waals surface area contributed by atoms with Gasteiger partial charge in [-0.05, 0) is 13.0 Å². The second-order valence-electron chi connectivity index (χ2n) is 6.66. The third-order valence-corrected chi connectivity index (χ3v) is 4.57. The molecular formula is C17H18F3N7O2. The molecule has 0 aromatic carbocycles. The summed E-state index contributed by atoms with van der Waals surface area (Å²) in [6.45, 7) is 3.54. The minimum atomic E-state index is -4.68. The Hall–Kier alpha value is -2.99. The van der Waals surface area contributed by atoms with Gasteiger partial charge in [0.15, 0.2) is 11.3 Å². The van der Waals surface area contributed by atoms with Gasteiger partial charge in [0.25, 0.3) is 5.91 Å². The molecule has 1 fully saturated rings. The van der Waals surface area contributed by atoms with Gasteiger partial charge < -0.3 is 4.74 Å². The molecule has 0 unspecified atom stereocenters. The number of aryl methyl sites for hydroxylation is 2. The van der Waals surface area contributed by atoms with E-state index in [1.165, 1.54) is 4.68 Å². The molecule has 3 aromatic rings. The van der Waals surface area contributed by atoms with Crippen molar-refractivity contribution >= 4 is 11.6 Å². The predicted molar refractivity (Wildman–Crippen MR) is 94.8 cm³/mol. The minimum absolute atomic E-state index is 0.0506. The number of hydrazine groups is 1. The van der Waals surface area contributed by atoms with Gasteiger partial charge in [0.05, 0.1) is 30.8 Å². The number of morpholine rings is 1. The van der Waals surface area contributed by atoms with Crippen LogP contribution in [-0.2, 0) is 18.0 Å². The summed E-state index contributed by atoms with van der Waals surface area (Å²) in [5, 5.41) is 9.58. The van der Waals surface area contributed by atoms with Crippen molar-refractivity contribution in [2.24, 2.45) is 7.05 Å². The molecule has 1 N–H and O–H groups in total. The van der Waals surface area contributed by atoms with Crippen LogP contribution in [0.5, 0.6) is 0 Å². The molecule has 0 aliphatic carbocycles. The van der Waals surface area contributed by atoms with Gasteiger partial charge in [-0.1, -0.05) is 0 Å². The van der Waals surface area contributed by atoms with E-state index in [1.54, 1.807) is 25.2 Å². The number of ether oxygens (including phenoxy) is 1. The maximum absolute atomic E-state index is 13.7. The minimum Gasteiger partial charge on any atom is -0.379 e. The van der Waals surface area contributed by atoms with E-state index >= 15 is 0 Å². The van der Waals surface area contributed by atoms with Crippen molar-refractivity contribution in [1.82, 2.24) is 34.8 Å². The van der Waals surface area contributed by atoms with E-state index in [0.717, 1.165) is 12.3 Å². The number of alkyl halides is 3. The summed E-state index contributed by atoms with van der Waals surface area (Å²) in [7, 11) is 1.67. The van der Waals surface area contributed by atoms with Crippen LogP contribution in [0.15, 0.2) is 18.5 Å². The molecular weight excluding hydrogens is 391 g/mol. The Balaban J connectivity index is 1.81. The largest absolute Gasteiger partial charge is 0.433 e. The SMILES string of the molecule is Cc1nn(C)cc1-c1cc(C(F)(F)F)n2ncc(C(=O)NN3CCOCC3)c2n1. The van der Waals surface area contributed by atoms with Crippen molar-refractivity contribution in [2.45, 2.75) is 13.1 Å². The zero-order valence-electron chi connectivity index (χ0n) is 15.7. The van der Waals surface area contributed by atoms with Crippen LogP contribution in [0.25, 0.3) is 16.9 Å². The fraction of sp³-hybridized carbons (Fsp3) is 0.412. The van der Waals surface area contributed by atoms with Crippen LogP contribution < -0.4 is 5.43 Å². The monoisotopic (exact) mass is 409 g/mol. The number of hydrogen-bond donors (Lipinski definition) is 1. The molecule has 29 heavy (non-hydrogen) atoms. The first kappa shape index (κ1) is 19.3. The van der Waals surface area contributed by atoms with Crippen LogP contribution in [0.2, 0.25) is 0 Å². The molecule has 0 atom stereocenters. The number of halogens is 3. The van der Waals surface area contributed by atoms with Gasteiger partial charge >= 0.3 is 6.18 Å². The Labute approximate surface area is 163 Å². The molecule has 3 aromatic heterocycles. The maximum Gasteiger partial charge on any atom is 0.433 e. The van der Waals surface area contributed by atoms with Gasteiger partial charge in [0.1, 0.15) is 5.56 Å². The molecule has 12 heteroatoms. The number of nitrogens with zero attached hydrogens (tertiary/aromatic N) is 6. The summed E-state index contributed by atoms with van der Waals surface area (Å²) in [5.74, 6) is -0.581. The van der Waals surface area contributed by atoms with E-state index in [0.29, 0.717) is 42.1 Å². The molecule has 1 aliphatic rings. The molecule has 4 rings (SSSR count). The van der Waals surface area contributed by atoms with Crippen LogP contribution in [-0.4, -0.2) is 61.6 Å². The van der Waals surface area contributed by atoms with Gasteiger partial charge in [-0.15, -0.1) is 0 Å². The first-order chi connectivity index (χ1) is 13.7. The lowest BCUT2D eigenvalue weighted by molar-refractivity contribution is -0.142. The van der Waals surface area contributed by atoms with Crippen LogP contribution in [0, 0.1) is 6.92 Å². The van der Waals surface area contributed by atoms with Crippen LogP contribution >= 0.6 is 0 Å². The van der Waals surface area contributed by atoms with Crippen molar-refractivity contribution in [3.05, 3.63) is 35.4 Å². The van der Waals surface area contributed by atoms with Crippen molar-refractivity contribution in [1.29, 1.82) is 0 Å². The van der Waals surface area contributed by atoms with Gasteiger partial charge in [-0.25, -0.2) is 14.5 Å². The molecule has 1 saturated heterocycles. The number of fused-ring (bicyclic) bond motifs is 1. The summed E-state index contributed by atoms with van der Waals surface area (Å²) >= 11 is 0. The van der Waals surface area contributed by atoms with Crippen LogP contribution in [0.4, 0.5) is 13.2 Å². The van der Waals surface area contributed by atoms with Gasteiger partial charge in [-0.2, -0.15) is 23.4 Å². The second kappa shape index (κ2) is 7.12. The topological polar surface area (TPSA) is 89.6 Å². The second-order valence-corrected chi connectivity index (χ2v) is 6.66. The summed E-state index contributed by atoms with van der Waals surface area (Å²) < 4.78 is 48.4. The molecule has 1 amide bonds. The van der Waals surface area contributed by atoms with E-state index in [-0.39, 0.29) is 16.9 Å². The average molecular weight is 409 g/mol. The third-order valence-electron chi connectivity index (χ3n) is 4.57.